The van der Waals surface area contributed by atoms with Gasteiger partial charge in [0.25, 0.3) is 0 Å². The van der Waals surface area contributed by atoms with E-state index in [0.717, 1.165) is 24.8 Å². The molecule has 0 unspecified atom stereocenters. The van der Waals surface area contributed by atoms with Crippen molar-refractivity contribution < 1.29 is 17.5 Å². The summed E-state index contributed by atoms with van der Waals surface area (Å²) in [6.45, 7) is 3.60. The number of aromatic nitrogens is 3. The summed E-state index contributed by atoms with van der Waals surface area (Å²) in [6.07, 6.45) is 6.14. The minimum Gasteiger partial charge on any atom is -0.384 e. The highest BCUT2D eigenvalue weighted by atomic mass is 16.5. The van der Waals surface area contributed by atoms with Gasteiger partial charge in [-0.15, -0.1) is 0 Å². The van der Waals surface area contributed by atoms with Crippen LogP contribution in [0.15, 0.2) is 24.5 Å². The Kier molecular flexibility index (Phi) is 4.76. The highest BCUT2D eigenvalue weighted by molar-refractivity contribution is 6.01. The van der Waals surface area contributed by atoms with E-state index in [9.17, 15) is 9.90 Å². The molecule has 0 radical (unpaired) electrons. The maximum absolute atomic E-state index is 12.7. The number of amides is 1. The molecule has 2 aromatic rings. The summed E-state index contributed by atoms with van der Waals surface area (Å²) in [5, 5.41) is 13.1. The van der Waals surface area contributed by atoms with Gasteiger partial charge < -0.3 is 15.2 Å². The fourth-order valence-electron chi connectivity index (χ4n) is 3.82. The Morgan fingerprint density at radius 3 is 2.75 bits per heavy atom. The minimum absolute atomic E-state index is 0. The average molecular weight is 387 g/mol. The molecule has 0 aromatic carbocycles. The summed E-state index contributed by atoms with van der Waals surface area (Å²) in [5.74, 6) is 1.17. The Bertz CT molecular complexity index is 889. The molecule has 28 heavy (non-hydrogen) atoms. The van der Waals surface area contributed by atoms with Crippen molar-refractivity contribution in [2.24, 2.45) is 0 Å². The average Bonchev–Trinajstić information content (AvgIpc) is 3.15. The molecule has 8 heteroatoms. The van der Waals surface area contributed by atoms with Crippen LogP contribution in [0.5, 0.6) is 0 Å². The Labute approximate surface area is 166 Å². The van der Waals surface area contributed by atoms with Crippen molar-refractivity contribution in [2.75, 3.05) is 23.9 Å². The van der Waals surface area contributed by atoms with E-state index >= 15 is 0 Å². The third kappa shape index (κ3) is 3.45. The molecule has 1 amide bonds. The molecular formula is C20H29N5O3. The molecule has 0 spiro atoms. The summed E-state index contributed by atoms with van der Waals surface area (Å²) in [6, 6.07) is 3.70. The molecule has 152 valence electrons. The molecule has 2 aliphatic rings. The van der Waals surface area contributed by atoms with Crippen molar-refractivity contribution in [3.63, 3.8) is 0 Å². The van der Waals surface area contributed by atoms with Gasteiger partial charge in [0, 0.05) is 27.8 Å². The lowest BCUT2D eigenvalue weighted by Crippen LogP contribution is -2.46. The Balaban J connectivity index is 0.00000160. The van der Waals surface area contributed by atoms with Crippen LogP contribution in [0.25, 0.3) is 11.3 Å². The number of anilines is 2. The van der Waals surface area contributed by atoms with E-state index in [1.54, 1.807) is 44.3 Å². The Morgan fingerprint density at radius 1 is 1.29 bits per heavy atom. The van der Waals surface area contributed by atoms with Crippen molar-refractivity contribution in [2.45, 2.75) is 50.9 Å². The zero-order chi connectivity index (χ0) is 19.9. The summed E-state index contributed by atoms with van der Waals surface area (Å²) >= 11 is 0. The van der Waals surface area contributed by atoms with Gasteiger partial charge >= 0.3 is 0 Å². The molecule has 3 heterocycles. The number of carbonyl (C=O) groups excluding carboxylic acids is 1. The number of hydrogen-bond acceptors (Lipinski definition) is 7. The van der Waals surface area contributed by atoms with Crippen molar-refractivity contribution in [3.8, 4) is 11.3 Å². The van der Waals surface area contributed by atoms with E-state index in [0.29, 0.717) is 23.0 Å². The predicted molar refractivity (Wildman–Crippen MR) is 109 cm³/mol. The Hall–Kier alpha value is -2.58. The molecule has 2 atom stereocenters. The number of nitrogens with one attached hydrogen (secondary N) is 1. The molecular weight excluding hydrogens is 358 g/mol. The number of ether oxygens (including phenoxy) is 1. The molecule has 1 aliphatic heterocycles. The van der Waals surface area contributed by atoms with Crippen LogP contribution in [0.4, 0.5) is 11.6 Å². The lowest BCUT2D eigenvalue weighted by Gasteiger charge is -2.33. The zero-order valence-corrected chi connectivity index (χ0v) is 16.3. The molecule has 2 N–H and O–H groups in total. The first kappa shape index (κ1) is 18.8. The van der Waals surface area contributed by atoms with Gasteiger partial charge in [-0.3, -0.25) is 14.7 Å². The number of nitrogens with zero attached hydrogens (tertiary/aromatic N) is 4. The summed E-state index contributed by atoms with van der Waals surface area (Å²) in [7, 11) is 1.71. The van der Waals surface area contributed by atoms with Crippen LogP contribution in [0.2, 0.25) is 0 Å². The first-order chi connectivity index (χ1) is 13.4. The van der Waals surface area contributed by atoms with Gasteiger partial charge in [0.15, 0.2) is 11.6 Å². The van der Waals surface area contributed by atoms with E-state index in [1.165, 1.54) is 0 Å². The van der Waals surface area contributed by atoms with Gasteiger partial charge in [-0.2, -0.15) is 0 Å². The quantitative estimate of drug-likeness (QED) is 0.831. The van der Waals surface area contributed by atoms with Crippen molar-refractivity contribution in [1.82, 2.24) is 15.0 Å². The second kappa shape index (κ2) is 7.10. The van der Waals surface area contributed by atoms with Gasteiger partial charge in [-0.1, -0.05) is 0 Å². The molecule has 1 fully saturated rings. The topological polar surface area (TPSA) is 100 Å². The molecule has 8 nitrogen and oxygen atoms in total. The molecule has 1 aliphatic carbocycles. The molecule has 4 rings (SSSR count). The van der Waals surface area contributed by atoms with Crippen LogP contribution < -0.4 is 10.2 Å². The minimum atomic E-state index is -1.01. The number of rotatable bonds is 4. The van der Waals surface area contributed by atoms with Crippen LogP contribution in [0.3, 0.4) is 0 Å². The Morgan fingerprint density at radius 2 is 2.11 bits per heavy atom. The molecule has 0 saturated heterocycles. The second-order valence-electron chi connectivity index (χ2n) is 7.86. The largest absolute Gasteiger partial charge is 0.384 e. The molecule has 1 saturated carbocycles. The third-order valence-corrected chi connectivity index (χ3v) is 5.40. The third-order valence-electron chi connectivity index (χ3n) is 5.40. The monoisotopic (exact) mass is 387 g/mol. The van der Waals surface area contributed by atoms with Gasteiger partial charge in [0.2, 0.25) is 5.91 Å². The lowest BCUT2D eigenvalue weighted by molar-refractivity contribution is -0.117. The smallest absolute Gasteiger partial charge is 0.247 e. The number of hydrogen-bond donors (Lipinski definition) is 2. The van der Waals surface area contributed by atoms with Gasteiger partial charge in [-0.25, -0.2) is 9.97 Å². The van der Waals surface area contributed by atoms with Crippen LogP contribution in [-0.2, 0) is 15.1 Å². The normalized spacial score (nSPS) is 22.1. The van der Waals surface area contributed by atoms with E-state index < -0.39 is 5.60 Å². The number of methoxy groups -OCH3 is 1. The van der Waals surface area contributed by atoms with Crippen molar-refractivity contribution >= 4 is 17.5 Å². The van der Waals surface area contributed by atoms with E-state index in [4.69, 9.17) is 9.72 Å². The predicted octanol–water partition coefficient (Wildman–Crippen LogP) is 2.58. The van der Waals surface area contributed by atoms with Gasteiger partial charge in [0.1, 0.15) is 5.60 Å². The van der Waals surface area contributed by atoms with Crippen molar-refractivity contribution in [1.29, 1.82) is 0 Å². The maximum Gasteiger partial charge on any atom is 0.247 e. The van der Waals surface area contributed by atoms with E-state index in [-0.39, 0.29) is 27.5 Å². The second-order valence-corrected chi connectivity index (χ2v) is 7.86. The first-order valence-electron chi connectivity index (χ1n) is 9.52. The fourth-order valence-corrected chi connectivity index (χ4v) is 3.82. The molecule has 0 bridgehead atoms. The van der Waals surface area contributed by atoms with Crippen LogP contribution in [0, 0.1) is 0 Å². The highest BCUT2D eigenvalue weighted by Gasteiger charge is 2.37. The fraction of sp³-hybridized carbons (Fsp3) is 0.500. The zero-order valence-electron chi connectivity index (χ0n) is 16.3. The first-order valence-corrected chi connectivity index (χ1v) is 9.52. The number of aliphatic hydroxyl groups is 1. The standard InChI is InChI=1S/C20H25N5O3.2H2/c1-20(2,27)16-7-4-12(9-21-16)15-10-22-18-19(24-15)25(17(26)11-23-18)13-5-6-14(8-13)28-3;;/h4,7,9-10,13-14,27H,5-6,8,11H2,1-3H3,(H,22,23);2*1H/t13-,14+;;/m0../s1. The van der Waals surface area contributed by atoms with Gasteiger partial charge in [0.05, 0.1) is 30.2 Å². The van der Waals surface area contributed by atoms with E-state index in [2.05, 4.69) is 15.3 Å². The maximum atomic E-state index is 12.7. The molecule has 2 aromatic heterocycles. The van der Waals surface area contributed by atoms with Crippen LogP contribution in [0.1, 0.15) is 41.7 Å². The van der Waals surface area contributed by atoms with E-state index in [1.807, 2.05) is 6.07 Å². The number of pyridine rings is 1. The summed E-state index contributed by atoms with van der Waals surface area (Å²) < 4.78 is 5.47. The number of carbonyl (C=O) groups is 1. The summed E-state index contributed by atoms with van der Waals surface area (Å²) in [5.41, 5.74) is 0.990. The van der Waals surface area contributed by atoms with Gasteiger partial charge in [-0.05, 0) is 45.2 Å². The van der Waals surface area contributed by atoms with Crippen molar-refractivity contribution in [3.05, 3.63) is 30.2 Å². The number of fused-ring (bicyclic) bond motifs is 1. The highest BCUT2D eigenvalue weighted by Crippen LogP contribution is 2.35. The van der Waals surface area contributed by atoms with Crippen LogP contribution >= 0.6 is 0 Å². The van der Waals surface area contributed by atoms with Crippen LogP contribution in [-0.4, -0.2) is 51.8 Å². The lowest BCUT2D eigenvalue weighted by atomic mass is 10.0. The SMILES string of the molecule is CO[C@@H]1CC[C@H](N2C(=O)CNc3ncc(-c4ccc(C(C)(C)O)nc4)nc32)C1.[HH].[HH]. The summed E-state index contributed by atoms with van der Waals surface area (Å²) in [4.78, 5) is 28.0.